The quantitative estimate of drug-likeness (QED) is 0.193. The van der Waals surface area contributed by atoms with Gasteiger partial charge >= 0.3 is 0 Å². The number of hydrogen-bond acceptors (Lipinski definition) is 2. The van der Waals surface area contributed by atoms with E-state index in [1.54, 1.807) is 0 Å². The summed E-state index contributed by atoms with van der Waals surface area (Å²) in [5.74, 6) is 0. The molecule has 4 heteroatoms. The molecule has 0 aliphatic carbocycles. The third-order valence-corrected chi connectivity index (χ3v) is 8.74. The largest absolute Gasteiger partial charge is 0.240 e. The van der Waals surface area contributed by atoms with E-state index in [-0.39, 0.29) is 10.8 Å². The molecular formula is C41H44N4. The zero-order chi connectivity index (χ0) is 32.0. The van der Waals surface area contributed by atoms with Gasteiger partial charge in [-0.15, -0.1) is 0 Å². The molecule has 0 saturated carbocycles. The lowest BCUT2D eigenvalue weighted by molar-refractivity contribution is 0.576. The van der Waals surface area contributed by atoms with E-state index in [1.807, 2.05) is 9.36 Å². The summed E-state index contributed by atoms with van der Waals surface area (Å²) in [6, 6.07) is 38.6. The summed E-state index contributed by atoms with van der Waals surface area (Å²) in [5, 5.41) is 10.7. The van der Waals surface area contributed by atoms with Crippen LogP contribution in [0.25, 0.3) is 33.6 Å². The Morgan fingerprint density at radius 2 is 0.822 bits per heavy atom. The van der Waals surface area contributed by atoms with Crippen LogP contribution >= 0.6 is 0 Å². The van der Waals surface area contributed by atoms with Gasteiger partial charge in [-0.2, -0.15) is 10.2 Å². The SMILES string of the molecule is CC(C)(C)c1cccc(-n2cc(-c3ccccc3)c(C(C)(C)c3nn(-c4cccc(C(C)(C)C)c4)cc3-c3ccccc3)n2)c1. The van der Waals surface area contributed by atoms with Gasteiger partial charge in [-0.25, -0.2) is 9.36 Å². The predicted molar refractivity (Wildman–Crippen MR) is 188 cm³/mol. The Kier molecular flexibility index (Phi) is 7.64. The molecule has 0 bridgehead atoms. The second kappa shape index (κ2) is 11.3. The molecule has 0 fully saturated rings. The van der Waals surface area contributed by atoms with Crippen molar-refractivity contribution in [2.45, 2.75) is 71.6 Å². The minimum atomic E-state index is -0.532. The molecule has 4 nitrogen and oxygen atoms in total. The maximum Gasteiger partial charge on any atom is 0.0824 e. The number of rotatable bonds is 6. The highest BCUT2D eigenvalue weighted by Crippen LogP contribution is 2.42. The highest BCUT2D eigenvalue weighted by molar-refractivity contribution is 5.72. The monoisotopic (exact) mass is 592 g/mol. The summed E-state index contributed by atoms with van der Waals surface area (Å²) in [6.45, 7) is 18.0. The van der Waals surface area contributed by atoms with E-state index in [1.165, 1.54) is 11.1 Å². The van der Waals surface area contributed by atoms with Gasteiger partial charge in [0.05, 0.1) is 28.2 Å². The van der Waals surface area contributed by atoms with Crippen LogP contribution in [0.5, 0.6) is 0 Å². The second-order valence-corrected chi connectivity index (χ2v) is 14.6. The van der Waals surface area contributed by atoms with Crippen molar-refractivity contribution in [2.24, 2.45) is 0 Å². The lowest BCUT2D eigenvalue weighted by Crippen LogP contribution is -2.23. The van der Waals surface area contributed by atoms with Gasteiger partial charge in [-0.05, 0) is 71.2 Å². The third-order valence-electron chi connectivity index (χ3n) is 8.74. The van der Waals surface area contributed by atoms with E-state index in [0.717, 1.165) is 45.0 Å². The smallest absolute Gasteiger partial charge is 0.0824 e. The van der Waals surface area contributed by atoms with E-state index < -0.39 is 5.41 Å². The van der Waals surface area contributed by atoms with E-state index in [4.69, 9.17) is 10.2 Å². The summed E-state index contributed by atoms with van der Waals surface area (Å²) in [7, 11) is 0. The fourth-order valence-corrected chi connectivity index (χ4v) is 5.94. The van der Waals surface area contributed by atoms with Gasteiger partial charge in [0.1, 0.15) is 0 Å². The fraction of sp³-hybridized carbons (Fsp3) is 0.268. The van der Waals surface area contributed by atoms with Crippen LogP contribution in [0.15, 0.2) is 122 Å². The van der Waals surface area contributed by atoms with Gasteiger partial charge < -0.3 is 0 Å². The first-order valence-electron chi connectivity index (χ1n) is 15.9. The average Bonchev–Trinajstić information content (AvgIpc) is 3.69. The molecule has 0 radical (unpaired) electrons. The zero-order valence-corrected chi connectivity index (χ0v) is 27.8. The van der Waals surface area contributed by atoms with Crippen LogP contribution in [0, 0.1) is 0 Å². The highest BCUT2D eigenvalue weighted by Gasteiger charge is 2.35. The van der Waals surface area contributed by atoms with Gasteiger partial charge in [0.15, 0.2) is 0 Å². The van der Waals surface area contributed by atoms with Crippen LogP contribution in [0.3, 0.4) is 0 Å². The Hall–Kier alpha value is -4.70. The Labute approximate surface area is 268 Å². The van der Waals surface area contributed by atoms with Crippen molar-refractivity contribution in [1.29, 1.82) is 0 Å². The van der Waals surface area contributed by atoms with Crippen molar-refractivity contribution < 1.29 is 0 Å². The first kappa shape index (κ1) is 30.3. The van der Waals surface area contributed by atoms with E-state index >= 15 is 0 Å². The number of aromatic nitrogens is 4. The molecule has 2 aromatic heterocycles. The van der Waals surface area contributed by atoms with Crippen LogP contribution in [0.2, 0.25) is 0 Å². The third kappa shape index (κ3) is 6.02. The Morgan fingerprint density at radius 1 is 0.444 bits per heavy atom. The highest BCUT2D eigenvalue weighted by atomic mass is 15.3. The number of benzene rings is 4. The first-order valence-corrected chi connectivity index (χ1v) is 15.9. The first-order chi connectivity index (χ1) is 21.3. The summed E-state index contributed by atoms with van der Waals surface area (Å²) in [6.07, 6.45) is 4.36. The summed E-state index contributed by atoms with van der Waals surface area (Å²) >= 11 is 0. The van der Waals surface area contributed by atoms with Crippen molar-refractivity contribution in [3.63, 3.8) is 0 Å². The molecule has 0 atom stereocenters. The normalized spacial score (nSPS) is 12.4. The molecule has 45 heavy (non-hydrogen) atoms. The van der Waals surface area contributed by atoms with E-state index in [0.29, 0.717) is 0 Å². The molecular weight excluding hydrogens is 548 g/mol. The molecule has 0 unspecified atom stereocenters. The van der Waals surface area contributed by atoms with Crippen molar-refractivity contribution in [3.05, 3.63) is 144 Å². The fourth-order valence-electron chi connectivity index (χ4n) is 5.94. The van der Waals surface area contributed by atoms with Gasteiger partial charge in [0.2, 0.25) is 0 Å². The maximum absolute atomic E-state index is 5.36. The number of nitrogens with zero attached hydrogens (tertiary/aromatic N) is 4. The summed E-state index contributed by atoms with van der Waals surface area (Å²) < 4.78 is 4.08. The standard InChI is InChI=1S/C41H44N4/c1-39(2,3)31-21-15-23-33(25-31)44-27-35(29-17-11-9-12-18-29)37(42-44)41(7,8)38-36(30-19-13-10-14-20-30)28-45(43-38)34-24-16-22-32(26-34)40(4,5)6/h9-28H,1-8H3. The van der Waals surface area contributed by atoms with Crippen LogP contribution in [0.4, 0.5) is 0 Å². The van der Waals surface area contributed by atoms with Gasteiger partial charge in [-0.1, -0.05) is 126 Å². The van der Waals surface area contributed by atoms with Gasteiger partial charge in [-0.3, -0.25) is 0 Å². The Bertz CT molecular complexity index is 1790. The second-order valence-electron chi connectivity index (χ2n) is 14.6. The van der Waals surface area contributed by atoms with E-state index in [2.05, 4.69) is 177 Å². The van der Waals surface area contributed by atoms with Crippen molar-refractivity contribution in [1.82, 2.24) is 19.6 Å². The van der Waals surface area contributed by atoms with Gasteiger partial charge in [0, 0.05) is 23.5 Å². The molecule has 228 valence electrons. The Morgan fingerprint density at radius 3 is 1.18 bits per heavy atom. The summed E-state index contributed by atoms with van der Waals surface area (Å²) in [4.78, 5) is 0. The number of hydrogen-bond donors (Lipinski definition) is 0. The molecule has 6 aromatic rings. The predicted octanol–water partition coefficient (Wildman–Crippen LogP) is 10.3. The van der Waals surface area contributed by atoms with Crippen LogP contribution in [0.1, 0.15) is 77.9 Å². The molecule has 4 aromatic carbocycles. The van der Waals surface area contributed by atoms with Crippen LogP contribution in [-0.2, 0) is 16.2 Å². The van der Waals surface area contributed by atoms with Crippen molar-refractivity contribution in [2.75, 3.05) is 0 Å². The minimum Gasteiger partial charge on any atom is -0.240 e. The lowest BCUT2D eigenvalue weighted by atomic mass is 9.80. The molecule has 0 saturated heterocycles. The average molecular weight is 593 g/mol. The topological polar surface area (TPSA) is 35.6 Å². The summed E-state index contributed by atoms with van der Waals surface area (Å²) in [5.41, 5.74) is 10.6. The zero-order valence-electron chi connectivity index (χ0n) is 27.8. The van der Waals surface area contributed by atoms with Crippen molar-refractivity contribution >= 4 is 0 Å². The Balaban J connectivity index is 1.56. The molecule has 0 aliphatic heterocycles. The van der Waals surface area contributed by atoms with E-state index in [9.17, 15) is 0 Å². The van der Waals surface area contributed by atoms with Crippen LogP contribution in [-0.4, -0.2) is 19.6 Å². The van der Waals surface area contributed by atoms with Gasteiger partial charge in [0.25, 0.3) is 0 Å². The molecule has 0 spiro atoms. The maximum atomic E-state index is 5.36. The van der Waals surface area contributed by atoms with Crippen molar-refractivity contribution in [3.8, 4) is 33.6 Å². The molecule has 0 N–H and O–H groups in total. The molecule has 0 amide bonds. The molecule has 6 rings (SSSR count). The minimum absolute atomic E-state index is 0.0369. The molecule has 0 aliphatic rings. The van der Waals surface area contributed by atoms with Crippen LogP contribution < -0.4 is 0 Å². The molecule has 2 heterocycles. The lowest BCUT2D eigenvalue weighted by Gasteiger charge is -2.24.